The predicted molar refractivity (Wildman–Crippen MR) is 74.8 cm³/mol. The van der Waals surface area contributed by atoms with Gasteiger partial charge in [-0.1, -0.05) is 19.8 Å². The van der Waals surface area contributed by atoms with Crippen molar-refractivity contribution in [3.63, 3.8) is 0 Å². The zero-order valence-electron chi connectivity index (χ0n) is 12.1. The van der Waals surface area contributed by atoms with Crippen molar-refractivity contribution in [1.29, 1.82) is 0 Å². The molecule has 1 aliphatic heterocycles. The number of carbonyl (C=O) groups excluding carboxylic acids is 1. The van der Waals surface area contributed by atoms with Gasteiger partial charge in [0.25, 0.3) is 0 Å². The lowest BCUT2D eigenvalue weighted by Crippen LogP contribution is -2.41. The lowest BCUT2D eigenvalue weighted by atomic mass is 9.70. The molecule has 0 bridgehead atoms. The number of fused-ring (bicyclic) bond motifs is 1. The molecule has 1 N–H and O–H groups in total. The molecule has 5 unspecified atom stereocenters. The monoisotopic (exact) mass is 265 g/mol. The Hall–Kier alpha value is -0.410. The molecule has 0 spiro atoms. The van der Waals surface area contributed by atoms with Crippen LogP contribution < -0.4 is 0 Å². The van der Waals surface area contributed by atoms with Gasteiger partial charge in [0.15, 0.2) is 0 Å². The standard InChI is InChI=1S/C16H27NO2/c1-12-3-2-6-16(7-12,11-18)10-17-8-13-4-5-15(19)14(13)9-17/h11-15,19H,2-10H2,1H3. The van der Waals surface area contributed by atoms with Crippen molar-refractivity contribution >= 4 is 6.29 Å². The van der Waals surface area contributed by atoms with Crippen LogP contribution in [-0.4, -0.2) is 42.0 Å². The van der Waals surface area contributed by atoms with Crippen LogP contribution in [0.2, 0.25) is 0 Å². The Morgan fingerprint density at radius 2 is 2.16 bits per heavy atom. The Kier molecular flexibility index (Phi) is 3.69. The van der Waals surface area contributed by atoms with Crippen LogP contribution in [-0.2, 0) is 4.79 Å². The van der Waals surface area contributed by atoms with Gasteiger partial charge >= 0.3 is 0 Å². The predicted octanol–water partition coefficient (Wildman–Crippen LogP) is 2.08. The second-order valence-corrected chi connectivity index (χ2v) is 7.44. The Morgan fingerprint density at radius 3 is 2.84 bits per heavy atom. The van der Waals surface area contributed by atoms with Crippen molar-refractivity contribution in [2.45, 2.75) is 51.6 Å². The van der Waals surface area contributed by atoms with Gasteiger partial charge in [-0.2, -0.15) is 0 Å². The first-order valence-electron chi connectivity index (χ1n) is 7.99. The van der Waals surface area contributed by atoms with E-state index in [-0.39, 0.29) is 11.5 Å². The van der Waals surface area contributed by atoms with Gasteiger partial charge in [0, 0.05) is 31.0 Å². The van der Waals surface area contributed by atoms with Crippen molar-refractivity contribution in [3.8, 4) is 0 Å². The smallest absolute Gasteiger partial charge is 0.127 e. The maximum atomic E-state index is 11.7. The second-order valence-electron chi connectivity index (χ2n) is 7.44. The summed E-state index contributed by atoms with van der Waals surface area (Å²) in [4.78, 5) is 14.1. The van der Waals surface area contributed by atoms with Gasteiger partial charge in [-0.25, -0.2) is 0 Å². The number of aliphatic hydroxyl groups excluding tert-OH is 1. The first kappa shape index (κ1) is 13.6. The van der Waals surface area contributed by atoms with E-state index in [1.165, 1.54) is 25.5 Å². The van der Waals surface area contributed by atoms with Crippen LogP contribution in [0.1, 0.15) is 45.4 Å². The van der Waals surface area contributed by atoms with E-state index in [9.17, 15) is 9.90 Å². The minimum absolute atomic E-state index is 0.0903. The largest absolute Gasteiger partial charge is 0.393 e. The van der Waals surface area contributed by atoms with E-state index < -0.39 is 0 Å². The average Bonchev–Trinajstić information content (AvgIpc) is 2.92. The minimum Gasteiger partial charge on any atom is -0.393 e. The number of nitrogens with zero attached hydrogens (tertiary/aromatic N) is 1. The Balaban J connectivity index is 1.63. The first-order valence-corrected chi connectivity index (χ1v) is 7.99. The van der Waals surface area contributed by atoms with Crippen molar-refractivity contribution in [3.05, 3.63) is 0 Å². The fraction of sp³-hybridized carbons (Fsp3) is 0.938. The zero-order chi connectivity index (χ0) is 13.5. The molecule has 3 nitrogen and oxygen atoms in total. The van der Waals surface area contributed by atoms with Crippen molar-refractivity contribution < 1.29 is 9.90 Å². The first-order chi connectivity index (χ1) is 9.12. The highest BCUT2D eigenvalue weighted by Crippen LogP contribution is 2.42. The molecule has 19 heavy (non-hydrogen) atoms. The average molecular weight is 265 g/mol. The molecule has 2 saturated carbocycles. The fourth-order valence-electron chi connectivity index (χ4n) is 4.89. The summed E-state index contributed by atoms with van der Waals surface area (Å²) < 4.78 is 0. The van der Waals surface area contributed by atoms with Crippen LogP contribution in [0.25, 0.3) is 0 Å². The van der Waals surface area contributed by atoms with E-state index in [1.807, 2.05) is 0 Å². The van der Waals surface area contributed by atoms with Crippen LogP contribution in [0.15, 0.2) is 0 Å². The molecule has 0 radical (unpaired) electrons. The van der Waals surface area contributed by atoms with Gasteiger partial charge in [-0.05, 0) is 37.5 Å². The van der Waals surface area contributed by atoms with Crippen LogP contribution in [0.3, 0.4) is 0 Å². The molecular weight excluding hydrogens is 238 g/mol. The number of rotatable bonds is 3. The Bertz CT molecular complexity index is 346. The number of aldehydes is 1. The summed E-state index contributed by atoms with van der Waals surface area (Å²) in [6, 6.07) is 0. The fourth-order valence-corrected chi connectivity index (χ4v) is 4.89. The molecular formula is C16H27NO2. The third-order valence-electron chi connectivity index (χ3n) is 5.81. The topological polar surface area (TPSA) is 40.5 Å². The lowest BCUT2D eigenvalue weighted by Gasteiger charge is -2.38. The highest BCUT2D eigenvalue weighted by Gasteiger charge is 2.44. The lowest BCUT2D eigenvalue weighted by molar-refractivity contribution is -0.120. The molecule has 5 atom stereocenters. The summed E-state index contributed by atoms with van der Waals surface area (Å²) in [5, 5.41) is 9.99. The zero-order valence-corrected chi connectivity index (χ0v) is 12.1. The van der Waals surface area contributed by atoms with Gasteiger partial charge in [0.2, 0.25) is 0 Å². The van der Waals surface area contributed by atoms with Gasteiger partial charge in [-0.15, -0.1) is 0 Å². The summed E-state index contributed by atoms with van der Waals surface area (Å²) in [7, 11) is 0. The number of aliphatic hydroxyl groups is 1. The Morgan fingerprint density at radius 1 is 1.32 bits per heavy atom. The number of hydrogen-bond acceptors (Lipinski definition) is 3. The molecule has 1 heterocycles. The highest BCUT2D eigenvalue weighted by molar-refractivity contribution is 5.60. The molecule has 108 valence electrons. The third-order valence-corrected chi connectivity index (χ3v) is 5.81. The van der Waals surface area contributed by atoms with E-state index in [0.717, 1.165) is 38.9 Å². The molecule has 2 aliphatic carbocycles. The maximum Gasteiger partial charge on any atom is 0.127 e. The molecule has 0 aromatic heterocycles. The van der Waals surface area contributed by atoms with Gasteiger partial charge < -0.3 is 14.8 Å². The minimum atomic E-state index is -0.0960. The van der Waals surface area contributed by atoms with Crippen LogP contribution >= 0.6 is 0 Å². The van der Waals surface area contributed by atoms with Crippen molar-refractivity contribution in [1.82, 2.24) is 4.90 Å². The quantitative estimate of drug-likeness (QED) is 0.794. The Labute approximate surface area is 116 Å². The summed E-state index contributed by atoms with van der Waals surface area (Å²) in [6.45, 7) is 5.32. The normalized spacial score (nSPS) is 47.3. The summed E-state index contributed by atoms with van der Waals surface area (Å²) >= 11 is 0. The number of hydrogen-bond donors (Lipinski definition) is 1. The molecule has 3 rings (SSSR count). The van der Waals surface area contributed by atoms with E-state index in [4.69, 9.17) is 0 Å². The molecule has 0 aromatic rings. The second kappa shape index (κ2) is 5.17. The molecule has 0 amide bonds. The molecule has 3 fully saturated rings. The highest BCUT2D eigenvalue weighted by atomic mass is 16.3. The van der Waals surface area contributed by atoms with E-state index >= 15 is 0 Å². The van der Waals surface area contributed by atoms with Gasteiger partial charge in [0.1, 0.15) is 6.29 Å². The summed E-state index contributed by atoms with van der Waals surface area (Å²) in [5.41, 5.74) is -0.0960. The molecule has 1 saturated heterocycles. The van der Waals surface area contributed by atoms with E-state index in [2.05, 4.69) is 11.8 Å². The third kappa shape index (κ3) is 2.59. The van der Waals surface area contributed by atoms with Crippen LogP contribution in [0.5, 0.6) is 0 Å². The van der Waals surface area contributed by atoms with Gasteiger partial charge in [-0.3, -0.25) is 0 Å². The van der Waals surface area contributed by atoms with Crippen molar-refractivity contribution in [2.24, 2.45) is 23.2 Å². The molecule has 3 heteroatoms. The van der Waals surface area contributed by atoms with Crippen LogP contribution in [0.4, 0.5) is 0 Å². The maximum absolute atomic E-state index is 11.7. The van der Waals surface area contributed by atoms with E-state index in [1.54, 1.807) is 0 Å². The number of carbonyl (C=O) groups is 1. The summed E-state index contributed by atoms with van der Waals surface area (Å²) in [5.74, 6) is 1.84. The van der Waals surface area contributed by atoms with Crippen LogP contribution in [0, 0.1) is 23.2 Å². The summed E-state index contributed by atoms with van der Waals surface area (Å²) in [6.07, 6.45) is 7.91. The molecule has 0 aromatic carbocycles. The SMILES string of the molecule is CC1CCCC(C=O)(CN2CC3CCC(O)C3C2)C1. The van der Waals surface area contributed by atoms with Gasteiger partial charge in [0.05, 0.1) is 6.10 Å². The van der Waals surface area contributed by atoms with Crippen molar-refractivity contribution in [2.75, 3.05) is 19.6 Å². The number of likely N-dealkylation sites (tertiary alicyclic amines) is 1. The van der Waals surface area contributed by atoms with E-state index in [0.29, 0.717) is 17.8 Å². The molecule has 3 aliphatic rings.